The van der Waals surface area contributed by atoms with Gasteiger partial charge in [0.05, 0.1) is 11.8 Å². The molecule has 240 valence electrons. The summed E-state index contributed by atoms with van der Waals surface area (Å²) < 4.78 is 28.7. The van der Waals surface area contributed by atoms with Crippen LogP contribution in [0.15, 0.2) is 51.9 Å². The van der Waals surface area contributed by atoms with Crippen molar-refractivity contribution in [1.82, 2.24) is 19.9 Å². The minimum Gasteiger partial charge on any atom is -0.370 e. The van der Waals surface area contributed by atoms with Crippen molar-refractivity contribution in [2.45, 2.75) is 62.4 Å². The van der Waals surface area contributed by atoms with E-state index >= 15 is 0 Å². The molecule has 1 saturated heterocycles. The minimum atomic E-state index is -3.94. The standard InChI is InChI=1S/C27H40N10O5S2/c28-26(29)33-12-4-9-19(22(38)24-32-14-16-43-24)35-23(39)21-11-6-15-37(21)25(40)20(10-5-13-34-27(30)31)36-44(41,42)17-18-7-2-1-3-8-18/h1-3,7-8,14,16,19-21,36H,4-6,9-13,15,17H2,(H,35,39)(H4,28,29,33)(H4,30,31,34)/t19-,20+,21-/m0/s1. The van der Waals surface area contributed by atoms with Gasteiger partial charge in [-0.25, -0.2) is 18.1 Å². The quantitative estimate of drug-likeness (QED) is 0.0549. The normalized spacial score (nSPS) is 16.1. The van der Waals surface area contributed by atoms with Gasteiger partial charge in [0.25, 0.3) is 0 Å². The van der Waals surface area contributed by atoms with Gasteiger partial charge < -0.3 is 33.2 Å². The number of carbonyl (C=O) groups excluding carboxylic acids is 3. The Bertz CT molecular complexity index is 1410. The van der Waals surface area contributed by atoms with Crippen LogP contribution < -0.4 is 33.0 Å². The second-order valence-electron chi connectivity index (χ2n) is 10.3. The van der Waals surface area contributed by atoms with Gasteiger partial charge in [0.15, 0.2) is 16.9 Å². The van der Waals surface area contributed by atoms with Gasteiger partial charge in [0, 0.05) is 31.2 Å². The van der Waals surface area contributed by atoms with E-state index in [0.717, 1.165) is 11.3 Å². The summed E-state index contributed by atoms with van der Waals surface area (Å²) >= 11 is 1.15. The smallest absolute Gasteiger partial charge is 0.243 e. The van der Waals surface area contributed by atoms with E-state index in [1.807, 2.05) is 0 Å². The number of sulfonamides is 1. The van der Waals surface area contributed by atoms with Crippen LogP contribution in [0.4, 0.5) is 0 Å². The molecule has 1 aromatic carbocycles. The number of likely N-dealkylation sites (tertiary alicyclic amines) is 1. The van der Waals surface area contributed by atoms with Crippen LogP contribution in [-0.4, -0.2) is 85.6 Å². The molecule has 1 aliphatic rings. The van der Waals surface area contributed by atoms with Crippen molar-refractivity contribution in [3.05, 3.63) is 52.5 Å². The van der Waals surface area contributed by atoms with Crippen LogP contribution in [0.25, 0.3) is 0 Å². The molecule has 2 heterocycles. The molecule has 0 spiro atoms. The molecule has 1 fully saturated rings. The number of nitrogens with zero attached hydrogens (tertiary/aromatic N) is 4. The van der Waals surface area contributed by atoms with E-state index in [2.05, 4.69) is 25.0 Å². The van der Waals surface area contributed by atoms with E-state index in [1.165, 1.54) is 11.1 Å². The Hall–Kier alpha value is -4.09. The number of nitrogens with two attached hydrogens (primary N) is 4. The third-order valence-corrected chi connectivity index (χ3v) is 8.97. The maximum atomic E-state index is 13.8. The Balaban J connectivity index is 1.76. The fraction of sp³-hybridized carbons (Fsp3) is 0.481. The lowest BCUT2D eigenvalue weighted by Gasteiger charge is -2.29. The van der Waals surface area contributed by atoms with Crippen molar-refractivity contribution >= 4 is 50.9 Å². The molecular formula is C27H40N10O5S2. The Morgan fingerprint density at radius 3 is 2.23 bits per heavy atom. The molecule has 15 nitrogen and oxygen atoms in total. The van der Waals surface area contributed by atoms with Crippen molar-refractivity contribution in [2.24, 2.45) is 32.9 Å². The van der Waals surface area contributed by atoms with Crippen molar-refractivity contribution in [1.29, 1.82) is 0 Å². The molecule has 2 amide bonds. The highest BCUT2D eigenvalue weighted by Crippen LogP contribution is 2.21. The molecule has 1 aliphatic heterocycles. The molecular weight excluding hydrogens is 608 g/mol. The largest absolute Gasteiger partial charge is 0.370 e. The average molecular weight is 649 g/mol. The zero-order valence-electron chi connectivity index (χ0n) is 24.3. The lowest BCUT2D eigenvalue weighted by molar-refractivity contribution is -0.140. The lowest BCUT2D eigenvalue weighted by Crippen LogP contribution is -2.55. The number of benzene rings is 1. The SMILES string of the molecule is NC(N)=NCCC[C@H](NC(=O)[C@@H]1CCCN1C(=O)[C@@H](CCCN=C(N)N)NS(=O)(=O)Cc1ccccc1)C(=O)c1nccs1. The number of ketones is 1. The first-order valence-electron chi connectivity index (χ1n) is 14.2. The number of rotatable bonds is 17. The summed E-state index contributed by atoms with van der Waals surface area (Å²) in [6.45, 7) is 0.701. The highest BCUT2D eigenvalue weighted by Gasteiger charge is 2.39. The van der Waals surface area contributed by atoms with E-state index in [1.54, 1.807) is 35.7 Å². The van der Waals surface area contributed by atoms with Crippen LogP contribution in [0.1, 0.15) is 53.9 Å². The van der Waals surface area contributed by atoms with Crippen LogP contribution in [0.2, 0.25) is 0 Å². The lowest BCUT2D eigenvalue weighted by atomic mass is 10.1. The fourth-order valence-electron chi connectivity index (χ4n) is 4.83. The third kappa shape index (κ3) is 10.9. The van der Waals surface area contributed by atoms with E-state index in [-0.39, 0.29) is 60.9 Å². The fourth-order valence-corrected chi connectivity index (χ4v) is 6.82. The van der Waals surface area contributed by atoms with E-state index in [4.69, 9.17) is 22.9 Å². The van der Waals surface area contributed by atoms with Gasteiger partial charge in [-0.2, -0.15) is 0 Å². The predicted molar refractivity (Wildman–Crippen MR) is 169 cm³/mol. The highest BCUT2D eigenvalue weighted by molar-refractivity contribution is 7.88. The summed E-state index contributed by atoms with van der Waals surface area (Å²) in [6, 6.07) is 5.61. The topological polar surface area (TPSA) is 254 Å². The third-order valence-electron chi connectivity index (χ3n) is 6.82. The summed E-state index contributed by atoms with van der Waals surface area (Å²) in [7, 11) is -3.94. The van der Waals surface area contributed by atoms with E-state index < -0.39 is 40.0 Å². The van der Waals surface area contributed by atoms with Gasteiger partial charge in [0.1, 0.15) is 12.1 Å². The maximum absolute atomic E-state index is 13.8. The van der Waals surface area contributed by atoms with Crippen molar-refractivity contribution < 1.29 is 22.8 Å². The van der Waals surface area contributed by atoms with Gasteiger partial charge in [-0.15, -0.1) is 11.3 Å². The Labute approximate surface area is 260 Å². The Kier molecular flexibility index (Phi) is 13.0. The van der Waals surface area contributed by atoms with Gasteiger partial charge >= 0.3 is 0 Å². The number of carbonyl (C=O) groups is 3. The van der Waals surface area contributed by atoms with Crippen molar-refractivity contribution in [2.75, 3.05) is 19.6 Å². The second-order valence-corrected chi connectivity index (χ2v) is 12.9. The van der Waals surface area contributed by atoms with Crippen LogP contribution >= 0.6 is 11.3 Å². The predicted octanol–water partition coefficient (Wildman–Crippen LogP) is -0.603. The van der Waals surface area contributed by atoms with Gasteiger partial charge in [-0.3, -0.25) is 24.4 Å². The molecule has 0 bridgehead atoms. The highest BCUT2D eigenvalue weighted by atomic mass is 32.2. The van der Waals surface area contributed by atoms with Gasteiger partial charge in [-0.05, 0) is 44.1 Å². The Morgan fingerprint density at radius 1 is 1.00 bits per heavy atom. The van der Waals surface area contributed by atoms with E-state index in [0.29, 0.717) is 31.2 Å². The van der Waals surface area contributed by atoms with Crippen molar-refractivity contribution in [3.63, 3.8) is 0 Å². The summed E-state index contributed by atoms with van der Waals surface area (Å²) in [5.74, 6) is -1.94. The molecule has 3 rings (SSSR count). The number of hydrogen-bond donors (Lipinski definition) is 6. The molecule has 2 aromatic rings. The monoisotopic (exact) mass is 648 g/mol. The maximum Gasteiger partial charge on any atom is 0.243 e. The summed E-state index contributed by atoms with van der Waals surface area (Å²) in [6.07, 6.45) is 3.44. The molecule has 0 aliphatic carbocycles. The molecule has 10 N–H and O–H groups in total. The van der Waals surface area contributed by atoms with Crippen LogP contribution in [-0.2, 0) is 25.4 Å². The number of aromatic nitrogens is 1. The molecule has 44 heavy (non-hydrogen) atoms. The van der Waals surface area contributed by atoms with Crippen LogP contribution in [0.5, 0.6) is 0 Å². The number of thiazole rings is 1. The van der Waals surface area contributed by atoms with E-state index in [9.17, 15) is 22.8 Å². The zero-order valence-corrected chi connectivity index (χ0v) is 25.9. The average Bonchev–Trinajstić information content (AvgIpc) is 3.68. The summed E-state index contributed by atoms with van der Waals surface area (Å²) in [5.41, 5.74) is 22.1. The molecule has 0 radical (unpaired) electrons. The van der Waals surface area contributed by atoms with Gasteiger partial charge in [0.2, 0.25) is 27.6 Å². The Morgan fingerprint density at radius 2 is 1.64 bits per heavy atom. The molecule has 0 unspecified atom stereocenters. The number of hydrogen-bond acceptors (Lipinski definition) is 9. The molecule has 0 saturated carbocycles. The minimum absolute atomic E-state index is 0.0795. The second kappa shape index (κ2) is 16.7. The van der Waals surface area contributed by atoms with Crippen LogP contribution in [0, 0.1) is 0 Å². The number of nitrogens with one attached hydrogen (secondary N) is 2. The number of amides is 2. The zero-order chi connectivity index (χ0) is 32.1. The molecule has 17 heteroatoms. The number of aliphatic imine (C=N–C) groups is 2. The number of Topliss-reactive ketones (excluding diaryl/α,β-unsaturated/α-hetero) is 1. The number of guanidine groups is 2. The van der Waals surface area contributed by atoms with Gasteiger partial charge in [-0.1, -0.05) is 30.3 Å². The first-order chi connectivity index (χ1) is 21.0. The molecule has 3 atom stereocenters. The van der Waals surface area contributed by atoms with Crippen molar-refractivity contribution in [3.8, 4) is 0 Å². The summed E-state index contributed by atoms with van der Waals surface area (Å²) in [4.78, 5) is 53.8. The first-order valence-corrected chi connectivity index (χ1v) is 16.7. The summed E-state index contributed by atoms with van der Waals surface area (Å²) in [5, 5.41) is 4.70. The first kappa shape index (κ1) is 34.4. The van der Waals surface area contributed by atoms with Crippen LogP contribution in [0.3, 0.4) is 0 Å². The molecule has 1 aromatic heterocycles.